The van der Waals surface area contributed by atoms with E-state index in [9.17, 15) is 14.4 Å². The molecule has 0 spiro atoms. The molecule has 1 fully saturated rings. The Morgan fingerprint density at radius 3 is 2.81 bits per heavy atom. The van der Waals surface area contributed by atoms with Gasteiger partial charge in [0, 0.05) is 24.7 Å². The molecular formula is C18H19N3O5. The van der Waals surface area contributed by atoms with Gasteiger partial charge in [-0.05, 0) is 25.5 Å². The molecule has 0 saturated carbocycles. The molecule has 2 amide bonds. The Bertz CT molecular complexity index is 845. The minimum Gasteiger partial charge on any atom is -0.455 e. The molecule has 1 aromatic heterocycles. The molecule has 2 aromatic rings. The van der Waals surface area contributed by atoms with Gasteiger partial charge in [0.05, 0.1) is 5.92 Å². The van der Waals surface area contributed by atoms with Crippen LogP contribution in [0.15, 0.2) is 34.9 Å². The monoisotopic (exact) mass is 357 g/mol. The number of aromatic nitrogens is 1. The highest BCUT2D eigenvalue weighted by atomic mass is 16.5. The van der Waals surface area contributed by atoms with Crippen molar-refractivity contribution >= 4 is 29.3 Å². The minimum absolute atomic E-state index is 0.0667. The number of anilines is 2. The summed E-state index contributed by atoms with van der Waals surface area (Å²) in [4.78, 5) is 37.8. The third-order valence-corrected chi connectivity index (χ3v) is 4.11. The van der Waals surface area contributed by atoms with E-state index in [-0.39, 0.29) is 24.7 Å². The standard InChI is InChI=1S/C18H19N3O5/c1-11-5-3-4-6-14(11)21-9-13(8-17(21)23)18(24)25-10-16(22)19-15-7-12(2)26-20-15/h3-7,13H,8-10H2,1-2H3,(H,19,20,22)/t13-/m1/s1. The van der Waals surface area contributed by atoms with Gasteiger partial charge in [0.15, 0.2) is 12.4 Å². The summed E-state index contributed by atoms with van der Waals surface area (Å²) in [7, 11) is 0. The van der Waals surface area contributed by atoms with Crippen molar-refractivity contribution in [1.82, 2.24) is 5.16 Å². The SMILES string of the molecule is Cc1cc(NC(=O)COC(=O)[C@@H]2CC(=O)N(c3ccccc3C)C2)no1. The lowest BCUT2D eigenvalue weighted by Crippen LogP contribution is -2.28. The van der Waals surface area contributed by atoms with Crippen molar-refractivity contribution in [2.24, 2.45) is 5.92 Å². The first-order valence-corrected chi connectivity index (χ1v) is 8.20. The lowest BCUT2D eigenvalue weighted by Gasteiger charge is -2.18. The van der Waals surface area contributed by atoms with Crippen molar-refractivity contribution in [2.45, 2.75) is 20.3 Å². The van der Waals surface area contributed by atoms with Gasteiger partial charge >= 0.3 is 5.97 Å². The molecule has 1 atom stereocenters. The third kappa shape index (κ3) is 3.90. The molecule has 1 saturated heterocycles. The van der Waals surface area contributed by atoms with Crippen molar-refractivity contribution in [1.29, 1.82) is 0 Å². The Hall–Kier alpha value is -3.16. The van der Waals surface area contributed by atoms with E-state index in [0.29, 0.717) is 5.76 Å². The number of para-hydroxylation sites is 1. The van der Waals surface area contributed by atoms with Gasteiger partial charge in [-0.25, -0.2) is 0 Å². The number of hydrogen-bond donors (Lipinski definition) is 1. The zero-order valence-electron chi connectivity index (χ0n) is 14.5. The molecule has 1 aromatic carbocycles. The fraction of sp³-hybridized carbons (Fsp3) is 0.333. The van der Waals surface area contributed by atoms with Crippen LogP contribution in [0.4, 0.5) is 11.5 Å². The number of nitrogens with one attached hydrogen (secondary N) is 1. The van der Waals surface area contributed by atoms with Crippen LogP contribution in [0, 0.1) is 19.8 Å². The van der Waals surface area contributed by atoms with E-state index in [1.54, 1.807) is 17.9 Å². The largest absolute Gasteiger partial charge is 0.455 e. The van der Waals surface area contributed by atoms with Gasteiger partial charge in [0.25, 0.3) is 5.91 Å². The van der Waals surface area contributed by atoms with Crippen LogP contribution in [0.3, 0.4) is 0 Å². The Balaban J connectivity index is 1.53. The number of aryl methyl sites for hydroxylation is 2. The van der Waals surface area contributed by atoms with E-state index >= 15 is 0 Å². The highest BCUT2D eigenvalue weighted by Gasteiger charge is 2.36. The summed E-state index contributed by atoms with van der Waals surface area (Å²) in [5.74, 6) is -1.01. The molecule has 3 rings (SSSR count). The van der Waals surface area contributed by atoms with Crippen LogP contribution in [-0.2, 0) is 19.1 Å². The summed E-state index contributed by atoms with van der Waals surface area (Å²) in [6, 6.07) is 9.03. The number of ether oxygens (including phenoxy) is 1. The number of esters is 1. The van der Waals surface area contributed by atoms with E-state index < -0.39 is 24.4 Å². The summed E-state index contributed by atoms with van der Waals surface area (Å²) in [5.41, 5.74) is 1.74. The zero-order chi connectivity index (χ0) is 18.7. The normalized spacial score (nSPS) is 16.6. The molecule has 1 aliphatic rings. The van der Waals surface area contributed by atoms with Crippen LogP contribution in [-0.4, -0.2) is 36.1 Å². The van der Waals surface area contributed by atoms with E-state index in [4.69, 9.17) is 9.26 Å². The van der Waals surface area contributed by atoms with E-state index in [1.165, 1.54) is 0 Å². The van der Waals surface area contributed by atoms with Crippen LogP contribution < -0.4 is 10.2 Å². The van der Waals surface area contributed by atoms with Crippen molar-refractivity contribution in [3.8, 4) is 0 Å². The topological polar surface area (TPSA) is 102 Å². The van der Waals surface area contributed by atoms with E-state index in [2.05, 4.69) is 10.5 Å². The molecule has 0 unspecified atom stereocenters. The number of carbonyl (C=O) groups is 3. The van der Waals surface area contributed by atoms with Crippen molar-refractivity contribution in [2.75, 3.05) is 23.4 Å². The van der Waals surface area contributed by atoms with Gasteiger partial charge in [-0.15, -0.1) is 0 Å². The Kier molecular flexibility index (Phi) is 5.01. The van der Waals surface area contributed by atoms with Crippen molar-refractivity contribution in [3.63, 3.8) is 0 Å². The number of amides is 2. The lowest BCUT2D eigenvalue weighted by atomic mass is 10.1. The smallest absolute Gasteiger partial charge is 0.311 e. The van der Waals surface area contributed by atoms with Crippen molar-refractivity contribution in [3.05, 3.63) is 41.7 Å². The number of benzene rings is 1. The number of rotatable bonds is 5. The average molecular weight is 357 g/mol. The molecule has 1 aliphatic heterocycles. The average Bonchev–Trinajstić information content (AvgIpc) is 3.19. The molecule has 26 heavy (non-hydrogen) atoms. The fourth-order valence-electron chi connectivity index (χ4n) is 2.82. The molecule has 0 aliphatic carbocycles. The molecular weight excluding hydrogens is 338 g/mol. The molecule has 0 bridgehead atoms. The van der Waals surface area contributed by atoms with Crippen LogP contribution in [0.1, 0.15) is 17.7 Å². The predicted molar refractivity (Wildman–Crippen MR) is 92.5 cm³/mol. The van der Waals surface area contributed by atoms with Gasteiger partial charge in [-0.3, -0.25) is 14.4 Å². The lowest BCUT2D eigenvalue weighted by molar-refractivity contribution is -0.151. The molecule has 8 nitrogen and oxygen atoms in total. The summed E-state index contributed by atoms with van der Waals surface area (Å²) < 4.78 is 9.87. The van der Waals surface area contributed by atoms with E-state index in [0.717, 1.165) is 11.3 Å². The van der Waals surface area contributed by atoms with Gasteiger partial charge < -0.3 is 19.5 Å². The maximum absolute atomic E-state index is 12.2. The maximum Gasteiger partial charge on any atom is 0.311 e. The van der Waals surface area contributed by atoms with Gasteiger partial charge in [-0.1, -0.05) is 23.4 Å². The van der Waals surface area contributed by atoms with Crippen LogP contribution in [0.2, 0.25) is 0 Å². The quantitative estimate of drug-likeness (QED) is 0.819. The predicted octanol–water partition coefficient (Wildman–Crippen LogP) is 1.83. The summed E-state index contributed by atoms with van der Waals surface area (Å²) in [5, 5.41) is 6.08. The molecule has 136 valence electrons. The third-order valence-electron chi connectivity index (χ3n) is 4.11. The maximum atomic E-state index is 12.2. The molecule has 2 heterocycles. The van der Waals surface area contributed by atoms with Crippen LogP contribution >= 0.6 is 0 Å². The minimum atomic E-state index is -0.593. The Morgan fingerprint density at radius 1 is 1.35 bits per heavy atom. The first-order valence-electron chi connectivity index (χ1n) is 8.20. The summed E-state index contributed by atoms with van der Waals surface area (Å²) >= 11 is 0. The molecule has 8 heteroatoms. The Morgan fingerprint density at radius 2 is 2.12 bits per heavy atom. The van der Waals surface area contributed by atoms with Crippen LogP contribution in [0.5, 0.6) is 0 Å². The first kappa shape index (κ1) is 17.7. The highest BCUT2D eigenvalue weighted by molar-refractivity contribution is 6.00. The second kappa shape index (κ2) is 7.38. The second-order valence-electron chi connectivity index (χ2n) is 6.17. The highest BCUT2D eigenvalue weighted by Crippen LogP contribution is 2.28. The van der Waals surface area contributed by atoms with Gasteiger partial charge in [0.1, 0.15) is 5.76 Å². The molecule has 1 N–H and O–H groups in total. The van der Waals surface area contributed by atoms with Crippen LogP contribution in [0.25, 0.3) is 0 Å². The number of hydrogen-bond acceptors (Lipinski definition) is 6. The first-order chi connectivity index (χ1) is 12.4. The molecule has 0 radical (unpaired) electrons. The fourth-order valence-corrected chi connectivity index (χ4v) is 2.82. The van der Waals surface area contributed by atoms with E-state index in [1.807, 2.05) is 31.2 Å². The summed E-state index contributed by atoms with van der Waals surface area (Å²) in [6.45, 7) is 3.40. The van der Waals surface area contributed by atoms with Gasteiger partial charge in [-0.2, -0.15) is 0 Å². The summed E-state index contributed by atoms with van der Waals surface area (Å²) in [6.07, 6.45) is 0.0667. The number of nitrogens with zero attached hydrogens (tertiary/aromatic N) is 2. The number of carbonyl (C=O) groups excluding carboxylic acids is 3. The second-order valence-corrected chi connectivity index (χ2v) is 6.17. The van der Waals surface area contributed by atoms with Crippen molar-refractivity contribution < 1.29 is 23.6 Å². The Labute approximate surface area is 150 Å². The van der Waals surface area contributed by atoms with Gasteiger partial charge in [0.2, 0.25) is 5.91 Å². The zero-order valence-corrected chi connectivity index (χ0v) is 14.5.